The Balaban J connectivity index is 1.38. The van der Waals surface area contributed by atoms with Crippen molar-refractivity contribution in [3.63, 3.8) is 0 Å². The molecule has 2 N–H and O–H groups in total. The topological polar surface area (TPSA) is 59.0 Å². The van der Waals surface area contributed by atoms with E-state index in [1.165, 1.54) is 30.4 Å². The zero-order valence-corrected chi connectivity index (χ0v) is 17.2. The molecular weight excluding hydrogens is 368 g/mol. The van der Waals surface area contributed by atoms with E-state index in [1.807, 2.05) is 17.7 Å². The van der Waals surface area contributed by atoms with Crippen molar-refractivity contribution in [3.05, 3.63) is 52.0 Å². The van der Waals surface area contributed by atoms with Gasteiger partial charge in [-0.3, -0.25) is 9.48 Å². The van der Waals surface area contributed by atoms with Gasteiger partial charge < -0.3 is 10.6 Å². The molecule has 1 aliphatic carbocycles. The predicted molar refractivity (Wildman–Crippen MR) is 113 cm³/mol. The zero-order chi connectivity index (χ0) is 19.3. The van der Waals surface area contributed by atoms with Crippen LogP contribution in [0.15, 0.2) is 30.3 Å². The van der Waals surface area contributed by atoms with Gasteiger partial charge in [0.05, 0.1) is 17.1 Å². The summed E-state index contributed by atoms with van der Waals surface area (Å²) in [7, 11) is 0. The molecule has 5 rings (SSSR count). The van der Waals surface area contributed by atoms with E-state index in [4.69, 9.17) is 5.10 Å². The summed E-state index contributed by atoms with van der Waals surface area (Å²) in [5.41, 5.74) is 3.75. The first kappa shape index (κ1) is 17.9. The van der Waals surface area contributed by atoms with Gasteiger partial charge in [-0.25, -0.2) is 0 Å². The molecule has 0 bridgehead atoms. The molecule has 28 heavy (non-hydrogen) atoms. The minimum Gasteiger partial charge on any atom is -0.347 e. The second-order valence-electron chi connectivity index (χ2n) is 8.43. The van der Waals surface area contributed by atoms with E-state index in [2.05, 4.69) is 41.8 Å². The molecule has 2 fully saturated rings. The third kappa shape index (κ3) is 2.95. The van der Waals surface area contributed by atoms with Crippen LogP contribution in [0.3, 0.4) is 0 Å². The number of carbonyl (C=O) groups excluding carboxylic acids is 1. The molecule has 1 spiro atoms. The first-order valence-corrected chi connectivity index (χ1v) is 10.9. The first-order chi connectivity index (χ1) is 13.5. The predicted octanol–water partition coefficient (Wildman–Crippen LogP) is 3.63. The molecule has 0 radical (unpaired) electrons. The van der Waals surface area contributed by atoms with Crippen LogP contribution < -0.4 is 10.6 Å². The number of hydrogen-bond acceptors (Lipinski definition) is 4. The molecule has 2 aliphatic rings. The molecule has 1 atom stereocenters. The van der Waals surface area contributed by atoms with Crippen LogP contribution in [0.4, 0.5) is 0 Å². The minimum absolute atomic E-state index is 0.0578. The fraction of sp³-hybridized carbons (Fsp3) is 0.455. The van der Waals surface area contributed by atoms with E-state index in [0.29, 0.717) is 5.41 Å². The molecule has 1 unspecified atom stereocenters. The summed E-state index contributed by atoms with van der Waals surface area (Å²) >= 11 is 1.55. The number of carbonyl (C=O) groups is 1. The van der Waals surface area contributed by atoms with E-state index in [9.17, 15) is 4.79 Å². The Hall–Kier alpha value is -2.18. The molecule has 5 nitrogen and oxygen atoms in total. The molecule has 2 aromatic heterocycles. The summed E-state index contributed by atoms with van der Waals surface area (Å²) < 4.78 is 2.03. The highest BCUT2D eigenvalue weighted by Gasteiger charge is 2.47. The molecule has 1 aromatic carbocycles. The van der Waals surface area contributed by atoms with Crippen molar-refractivity contribution in [3.8, 4) is 0 Å². The lowest BCUT2D eigenvalue weighted by Crippen LogP contribution is -2.50. The average Bonchev–Trinajstić information content (AvgIpc) is 3.32. The highest BCUT2D eigenvalue weighted by Crippen LogP contribution is 2.45. The Bertz CT molecular complexity index is 1030. The van der Waals surface area contributed by atoms with Crippen molar-refractivity contribution in [1.29, 1.82) is 0 Å². The summed E-state index contributed by atoms with van der Waals surface area (Å²) in [6.07, 6.45) is 3.73. The third-order valence-corrected chi connectivity index (χ3v) is 7.65. The maximum absolute atomic E-state index is 13.0. The van der Waals surface area contributed by atoms with Crippen molar-refractivity contribution in [1.82, 2.24) is 20.4 Å². The summed E-state index contributed by atoms with van der Waals surface area (Å²) in [5.74, 6) is 0.0578. The number of aromatic nitrogens is 2. The SMILES string of the molecule is Cc1ccc(Cn2nc(C)c3cc(C(=O)NC4CNCC45CCC5)sc32)cc1. The van der Waals surface area contributed by atoms with Gasteiger partial charge in [0.25, 0.3) is 5.91 Å². The molecule has 1 saturated carbocycles. The van der Waals surface area contributed by atoms with E-state index in [0.717, 1.165) is 40.4 Å². The highest BCUT2D eigenvalue weighted by atomic mass is 32.1. The maximum Gasteiger partial charge on any atom is 0.261 e. The van der Waals surface area contributed by atoms with Crippen molar-refractivity contribution in [2.75, 3.05) is 13.1 Å². The number of hydrogen-bond donors (Lipinski definition) is 2. The summed E-state index contributed by atoms with van der Waals surface area (Å²) in [4.78, 5) is 14.8. The summed E-state index contributed by atoms with van der Waals surface area (Å²) in [6.45, 7) is 6.76. The van der Waals surface area contributed by atoms with Gasteiger partial charge in [-0.15, -0.1) is 11.3 Å². The molecule has 1 amide bonds. The number of rotatable bonds is 4. The normalized spacial score (nSPS) is 20.6. The lowest BCUT2D eigenvalue weighted by Gasteiger charge is -2.42. The van der Waals surface area contributed by atoms with Crippen molar-refractivity contribution < 1.29 is 4.79 Å². The van der Waals surface area contributed by atoms with Crippen LogP contribution in [0.25, 0.3) is 10.2 Å². The number of aryl methyl sites for hydroxylation is 2. The van der Waals surface area contributed by atoms with E-state index in [1.54, 1.807) is 11.3 Å². The first-order valence-electron chi connectivity index (χ1n) is 10.1. The van der Waals surface area contributed by atoms with E-state index >= 15 is 0 Å². The number of nitrogens with zero attached hydrogens (tertiary/aromatic N) is 2. The Morgan fingerprint density at radius 3 is 2.82 bits per heavy atom. The van der Waals surface area contributed by atoms with Gasteiger partial charge in [-0.05, 0) is 38.3 Å². The molecule has 3 aromatic rings. The monoisotopic (exact) mass is 394 g/mol. The van der Waals surface area contributed by atoms with Crippen LogP contribution in [-0.2, 0) is 6.54 Å². The minimum atomic E-state index is 0.0578. The number of thiophene rings is 1. The Kier molecular flexibility index (Phi) is 4.29. The fourth-order valence-electron chi connectivity index (χ4n) is 4.59. The van der Waals surface area contributed by atoms with Crippen LogP contribution in [0.2, 0.25) is 0 Å². The summed E-state index contributed by atoms with van der Waals surface area (Å²) in [6, 6.07) is 10.8. The van der Waals surface area contributed by atoms with Gasteiger partial charge in [-0.1, -0.05) is 36.2 Å². The average molecular weight is 395 g/mol. The van der Waals surface area contributed by atoms with Crippen LogP contribution >= 0.6 is 11.3 Å². The molecule has 1 aliphatic heterocycles. The lowest BCUT2D eigenvalue weighted by atomic mass is 9.66. The third-order valence-electron chi connectivity index (χ3n) is 6.50. The molecule has 146 valence electrons. The summed E-state index contributed by atoms with van der Waals surface area (Å²) in [5, 5.41) is 12.6. The Morgan fingerprint density at radius 1 is 1.32 bits per heavy atom. The standard InChI is InChI=1S/C22H26N4OS/c1-14-4-6-16(7-5-14)12-26-21-17(15(2)25-26)10-18(28-21)20(27)24-19-11-23-13-22(19)8-3-9-22/h4-7,10,19,23H,3,8-9,11-13H2,1-2H3,(H,24,27). The molecule has 6 heteroatoms. The van der Waals surface area contributed by atoms with Crippen LogP contribution in [0, 0.1) is 19.3 Å². The van der Waals surface area contributed by atoms with Crippen LogP contribution in [-0.4, -0.2) is 34.8 Å². The number of amides is 1. The van der Waals surface area contributed by atoms with Gasteiger partial charge in [0.2, 0.25) is 0 Å². The van der Waals surface area contributed by atoms with Crippen molar-refractivity contribution in [2.24, 2.45) is 5.41 Å². The second kappa shape index (κ2) is 6.71. The maximum atomic E-state index is 13.0. The van der Waals surface area contributed by atoms with Gasteiger partial charge in [0.1, 0.15) is 4.83 Å². The fourth-order valence-corrected chi connectivity index (χ4v) is 5.66. The molecule has 1 saturated heterocycles. The number of nitrogens with one attached hydrogen (secondary N) is 2. The van der Waals surface area contributed by atoms with Crippen molar-refractivity contribution in [2.45, 2.75) is 45.7 Å². The lowest BCUT2D eigenvalue weighted by molar-refractivity contribution is 0.0814. The van der Waals surface area contributed by atoms with Gasteiger partial charge in [-0.2, -0.15) is 5.10 Å². The van der Waals surface area contributed by atoms with Gasteiger partial charge >= 0.3 is 0 Å². The number of fused-ring (bicyclic) bond motifs is 1. The van der Waals surface area contributed by atoms with E-state index < -0.39 is 0 Å². The zero-order valence-electron chi connectivity index (χ0n) is 16.4. The Morgan fingerprint density at radius 2 is 2.11 bits per heavy atom. The van der Waals surface area contributed by atoms with E-state index in [-0.39, 0.29) is 11.9 Å². The molecule has 3 heterocycles. The van der Waals surface area contributed by atoms with Crippen LogP contribution in [0.5, 0.6) is 0 Å². The Labute approximate surface area is 169 Å². The van der Waals surface area contributed by atoms with Crippen LogP contribution in [0.1, 0.15) is 45.8 Å². The number of benzene rings is 1. The highest BCUT2D eigenvalue weighted by molar-refractivity contribution is 7.20. The van der Waals surface area contributed by atoms with Gasteiger partial charge in [0.15, 0.2) is 0 Å². The van der Waals surface area contributed by atoms with Crippen molar-refractivity contribution >= 4 is 27.5 Å². The smallest absolute Gasteiger partial charge is 0.261 e. The largest absolute Gasteiger partial charge is 0.347 e. The second-order valence-corrected chi connectivity index (χ2v) is 9.46. The van der Waals surface area contributed by atoms with Gasteiger partial charge in [0, 0.05) is 29.9 Å². The quantitative estimate of drug-likeness (QED) is 0.710. The molecular formula is C22H26N4OS.